The highest BCUT2D eigenvalue weighted by molar-refractivity contribution is 6.06. The molecular weight excluding hydrogens is 356 g/mol. The van der Waals surface area contributed by atoms with Crippen molar-refractivity contribution in [2.75, 3.05) is 23.8 Å². The van der Waals surface area contributed by atoms with Gasteiger partial charge >= 0.3 is 0 Å². The Labute approximate surface area is 165 Å². The summed E-state index contributed by atoms with van der Waals surface area (Å²) in [6.45, 7) is 4.88. The molecule has 0 aromatic heterocycles. The summed E-state index contributed by atoms with van der Waals surface area (Å²) in [7, 11) is 0. The molecule has 1 aliphatic heterocycles. The van der Waals surface area contributed by atoms with E-state index < -0.39 is 0 Å². The fourth-order valence-electron chi connectivity index (χ4n) is 2.86. The Morgan fingerprint density at radius 2 is 1.75 bits per heavy atom. The fourth-order valence-corrected chi connectivity index (χ4v) is 2.86. The van der Waals surface area contributed by atoms with Crippen molar-refractivity contribution in [2.24, 2.45) is 5.92 Å². The number of para-hydroxylation sites is 1. The Morgan fingerprint density at radius 3 is 2.39 bits per heavy atom. The van der Waals surface area contributed by atoms with Crippen LogP contribution in [0.25, 0.3) is 0 Å². The van der Waals surface area contributed by atoms with Gasteiger partial charge in [0, 0.05) is 23.9 Å². The average Bonchev–Trinajstić information content (AvgIpc) is 3.21. The Bertz CT molecular complexity index is 812. The van der Waals surface area contributed by atoms with Crippen molar-refractivity contribution < 1.29 is 19.1 Å². The fraction of sp³-hybridized carbons (Fsp3) is 0.364. The van der Waals surface area contributed by atoms with Gasteiger partial charge in [0.2, 0.25) is 5.91 Å². The number of amides is 2. The Morgan fingerprint density at radius 1 is 1.07 bits per heavy atom. The van der Waals surface area contributed by atoms with Crippen LogP contribution in [0.15, 0.2) is 48.5 Å². The molecule has 6 nitrogen and oxygen atoms in total. The number of hydrogen-bond acceptors (Lipinski definition) is 4. The zero-order chi connectivity index (χ0) is 19.9. The Hall–Kier alpha value is -2.86. The highest BCUT2D eigenvalue weighted by atomic mass is 16.5. The molecule has 2 amide bonds. The van der Waals surface area contributed by atoms with Gasteiger partial charge in [-0.25, -0.2) is 0 Å². The number of carbonyl (C=O) groups excluding carboxylic acids is 2. The van der Waals surface area contributed by atoms with Gasteiger partial charge in [-0.2, -0.15) is 0 Å². The van der Waals surface area contributed by atoms with E-state index in [1.807, 2.05) is 19.9 Å². The molecule has 1 saturated heterocycles. The molecule has 2 N–H and O–H groups in total. The van der Waals surface area contributed by atoms with Crippen molar-refractivity contribution in [3.63, 3.8) is 0 Å². The van der Waals surface area contributed by atoms with Crippen LogP contribution in [0.2, 0.25) is 0 Å². The lowest BCUT2D eigenvalue weighted by molar-refractivity contribution is -0.118. The third-order valence-corrected chi connectivity index (χ3v) is 4.52. The van der Waals surface area contributed by atoms with Gasteiger partial charge in [-0.05, 0) is 49.2 Å². The van der Waals surface area contributed by atoms with Gasteiger partial charge in [-0.3, -0.25) is 9.59 Å². The predicted molar refractivity (Wildman–Crippen MR) is 109 cm³/mol. The van der Waals surface area contributed by atoms with E-state index in [2.05, 4.69) is 10.6 Å². The normalized spacial score (nSPS) is 16.0. The van der Waals surface area contributed by atoms with Gasteiger partial charge in [-0.1, -0.05) is 26.0 Å². The minimum absolute atomic E-state index is 0.0471. The molecule has 1 atom stereocenters. The zero-order valence-corrected chi connectivity index (χ0v) is 16.2. The molecule has 0 unspecified atom stereocenters. The van der Waals surface area contributed by atoms with E-state index >= 15 is 0 Å². The Kier molecular flexibility index (Phi) is 6.66. The Balaban J connectivity index is 1.62. The summed E-state index contributed by atoms with van der Waals surface area (Å²) in [5.74, 6) is 0.151. The molecule has 1 aliphatic rings. The third kappa shape index (κ3) is 5.33. The van der Waals surface area contributed by atoms with Crippen LogP contribution < -0.4 is 15.4 Å². The highest BCUT2D eigenvalue weighted by Crippen LogP contribution is 2.22. The molecular formula is C22H26N2O4. The standard InChI is InChI=1S/C22H26N2O4/c1-15(2)21(25)23-16-9-11-17(12-10-16)24-22(26)19-7-3-4-8-20(19)28-14-18-6-5-13-27-18/h3-4,7-12,15,18H,5-6,13-14H2,1-2H3,(H,23,25)(H,24,26)/t18-/m1/s1. The number of rotatable bonds is 7. The maximum Gasteiger partial charge on any atom is 0.259 e. The maximum absolute atomic E-state index is 12.7. The van der Waals surface area contributed by atoms with E-state index in [4.69, 9.17) is 9.47 Å². The van der Waals surface area contributed by atoms with Gasteiger partial charge < -0.3 is 20.1 Å². The van der Waals surface area contributed by atoms with Gasteiger partial charge in [0.25, 0.3) is 5.91 Å². The molecule has 0 spiro atoms. The molecule has 3 rings (SSSR count). The second-order valence-corrected chi connectivity index (χ2v) is 7.12. The van der Waals surface area contributed by atoms with Crippen LogP contribution >= 0.6 is 0 Å². The summed E-state index contributed by atoms with van der Waals surface area (Å²) < 4.78 is 11.4. The SMILES string of the molecule is CC(C)C(=O)Nc1ccc(NC(=O)c2ccccc2OC[C@H]2CCCO2)cc1. The highest BCUT2D eigenvalue weighted by Gasteiger charge is 2.18. The topological polar surface area (TPSA) is 76.7 Å². The van der Waals surface area contributed by atoms with Crippen LogP contribution in [0.4, 0.5) is 11.4 Å². The first-order chi connectivity index (χ1) is 13.5. The van der Waals surface area contributed by atoms with Gasteiger partial charge in [-0.15, -0.1) is 0 Å². The number of nitrogens with one attached hydrogen (secondary N) is 2. The molecule has 2 aromatic carbocycles. The van der Waals surface area contributed by atoms with Crippen LogP contribution in [0.5, 0.6) is 5.75 Å². The van der Waals surface area contributed by atoms with Crippen LogP contribution in [0, 0.1) is 5.92 Å². The molecule has 28 heavy (non-hydrogen) atoms. The van der Waals surface area contributed by atoms with E-state index in [1.165, 1.54) is 0 Å². The number of benzene rings is 2. The second-order valence-electron chi connectivity index (χ2n) is 7.12. The largest absolute Gasteiger partial charge is 0.490 e. The minimum Gasteiger partial charge on any atom is -0.490 e. The average molecular weight is 382 g/mol. The number of ether oxygens (including phenoxy) is 2. The summed E-state index contributed by atoms with van der Waals surface area (Å²) in [4.78, 5) is 24.4. The first-order valence-electron chi connectivity index (χ1n) is 9.58. The summed E-state index contributed by atoms with van der Waals surface area (Å²) >= 11 is 0. The van der Waals surface area contributed by atoms with Crippen molar-refractivity contribution in [1.29, 1.82) is 0 Å². The maximum atomic E-state index is 12.7. The molecule has 148 valence electrons. The smallest absolute Gasteiger partial charge is 0.259 e. The van der Waals surface area contributed by atoms with Gasteiger partial charge in [0.15, 0.2) is 0 Å². The quantitative estimate of drug-likeness (QED) is 0.756. The molecule has 0 bridgehead atoms. The molecule has 0 aliphatic carbocycles. The van der Waals surface area contributed by atoms with Crippen molar-refractivity contribution >= 4 is 23.2 Å². The van der Waals surface area contributed by atoms with Gasteiger partial charge in [0.1, 0.15) is 12.4 Å². The lowest BCUT2D eigenvalue weighted by Crippen LogP contribution is -2.19. The number of carbonyl (C=O) groups is 2. The molecule has 1 heterocycles. The minimum atomic E-state index is -0.248. The summed E-state index contributed by atoms with van der Waals surface area (Å²) in [6.07, 6.45) is 2.11. The summed E-state index contributed by atoms with van der Waals surface area (Å²) in [6, 6.07) is 14.2. The van der Waals surface area contributed by atoms with E-state index in [9.17, 15) is 9.59 Å². The second kappa shape index (κ2) is 9.37. The number of anilines is 2. The zero-order valence-electron chi connectivity index (χ0n) is 16.2. The summed E-state index contributed by atoms with van der Waals surface area (Å²) in [5, 5.41) is 5.69. The van der Waals surface area contributed by atoms with Crippen LogP contribution in [0.1, 0.15) is 37.0 Å². The van der Waals surface area contributed by atoms with Crippen molar-refractivity contribution in [2.45, 2.75) is 32.8 Å². The molecule has 0 radical (unpaired) electrons. The van der Waals surface area contributed by atoms with E-state index in [1.54, 1.807) is 42.5 Å². The molecule has 6 heteroatoms. The molecule has 0 saturated carbocycles. The van der Waals surface area contributed by atoms with E-state index in [0.29, 0.717) is 29.3 Å². The number of hydrogen-bond donors (Lipinski definition) is 2. The van der Waals surface area contributed by atoms with Crippen molar-refractivity contribution in [3.8, 4) is 5.75 Å². The van der Waals surface area contributed by atoms with Crippen molar-refractivity contribution in [1.82, 2.24) is 0 Å². The first-order valence-corrected chi connectivity index (χ1v) is 9.58. The summed E-state index contributed by atoms with van der Waals surface area (Å²) in [5.41, 5.74) is 1.80. The molecule has 1 fully saturated rings. The van der Waals surface area contributed by atoms with Gasteiger partial charge in [0.05, 0.1) is 11.7 Å². The van der Waals surface area contributed by atoms with E-state index in [0.717, 1.165) is 19.4 Å². The third-order valence-electron chi connectivity index (χ3n) is 4.52. The van der Waals surface area contributed by atoms with Crippen LogP contribution in [-0.4, -0.2) is 31.1 Å². The van der Waals surface area contributed by atoms with Crippen LogP contribution in [0.3, 0.4) is 0 Å². The van der Waals surface area contributed by atoms with E-state index in [-0.39, 0.29) is 23.8 Å². The van der Waals surface area contributed by atoms with Crippen molar-refractivity contribution in [3.05, 3.63) is 54.1 Å². The predicted octanol–water partition coefficient (Wildman–Crippen LogP) is 4.09. The lowest BCUT2D eigenvalue weighted by atomic mass is 10.1. The first kappa shape index (κ1) is 19.9. The molecule has 2 aromatic rings. The monoisotopic (exact) mass is 382 g/mol. The lowest BCUT2D eigenvalue weighted by Gasteiger charge is -2.15. The van der Waals surface area contributed by atoms with Crippen LogP contribution in [-0.2, 0) is 9.53 Å².